The molecule has 0 bridgehead atoms. The second kappa shape index (κ2) is 8.05. The molecule has 1 atom stereocenters. The number of amides is 1. The van der Waals surface area contributed by atoms with E-state index in [1.165, 1.54) is 16.4 Å². The van der Waals surface area contributed by atoms with Crippen molar-refractivity contribution in [2.45, 2.75) is 32.0 Å². The molecule has 24 heavy (non-hydrogen) atoms. The van der Waals surface area contributed by atoms with Crippen LogP contribution in [0.15, 0.2) is 29.4 Å². The van der Waals surface area contributed by atoms with Crippen LogP contribution in [0.2, 0.25) is 0 Å². The Balaban J connectivity index is 2.00. The van der Waals surface area contributed by atoms with Crippen molar-refractivity contribution in [2.24, 2.45) is 5.92 Å². The van der Waals surface area contributed by atoms with Crippen molar-refractivity contribution in [1.29, 1.82) is 0 Å². The molecule has 1 aromatic carbocycles. The standard InChI is InChI=1S/C16H23N5O2S/c1-10(2)11(3)18-14(22)9-24-16-20-19-15(21(16)17)12-5-7-13(23-4)8-6-12/h5-8,10-11H,9,17H2,1-4H3,(H,18,22)/t11-/m1/s1. The normalized spacial score (nSPS) is 12.2. The average molecular weight is 349 g/mol. The first-order valence-electron chi connectivity index (χ1n) is 7.69. The van der Waals surface area contributed by atoms with Gasteiger partial charge in [-0.05, 0) is 37.1 Å². The Bertz CT molecular complexity index is 684. The van der Waals surface area contributed by atoms with Crippen LogP contribution in [0.3, 0.4) is 0 Å². The van der Waals surface area contributed by atoms with Gasteiger partial charge in [-0.2, -0.15) is 0 Å². The third-order valence-corrected chi connectivity index (χ3v) is 4.68. The lowest BCUT2D eigenvalue weighted by molar-refractivity contribution is -0.119. The molecule has 0 radical (unpaired) electrons. The zero-order valence-electron chi connectivity index (χ0n) is 14.3. The number of nitrogens with one attached hydrogen (secondary N) is 1. The van der Waals surface area contributed by atoms with Crippen LogP contribution in [0.25, 0.3) is 11.4 Å². The summed E-state index contributed by atoms with van der Waals surface area (Å²) in [7, 11) is 1.61. The Hall–Kier alpha value is -2.22. The van der Waals surface area contributed by atoms with Gasteiger partial charge in [0.15, 0.2) is 5.82 Å². The summed E-state index contributed by atoms with van der Waals surface area (Å²) < 4.78 is 6.53. The van der Waals surface area contributed by atoms with Crippen LogP contribution in [-0.4, -0.2) is 39.7 Å². The van der Waals surface area contributed by atoms with Crippen LogP contribution >= 0.6 is 11.8 Å². The highest BCUT2D eigenvalue weighted by molar-refractivity contribution is 7.99. The maximum atomic E-state index is 11.9. The number of ether oxygens (including phenoxy) is 1. The van der Waals surface area contributed by atoms with E-state index in [4.69, 9.17) is 10.6 Å². The van der Waals surface area contributed by atoms with Gasteiger partial charge in [-0.3, -0.25) is 4.79 Å². The Morgan fingerprint density at radius 1 is 1.29 bits per heavy atom. The van der Waals surface area contributed by atoms with Crippen LogP contribution < -0.4 is 15.9 Å². The molecule has 130 valence electrons. The molecule has 0 aliphatic heterocycles. The predicted molar refractivity (Wildman–Crippen MR) is 95.3 cm³/mol. The van der Waals surface area contributed by atoms with Gasteiger partial charge in [0.2, 0.25) is 11.1 Å². The van der Waals surface area contributed by atoms with Crippen molar-refractivity contribution in [2.75, 3.05) is 18.7 Å². The highest BCUT2D eigenvalue weighted by Gasteiger charge is 2.15. The SMILES string of the molecule is COc1ccc(-c2nnc(SCC(=O)N[C@H](C)C(C)C)n2N)cc1. The average Bonchev–Trinajstić information content (AvgIpc) is 2.93. The number of aromatic nitrogens is 3. The Morgan fingerprint density at radius 2 is 1.96 bits per heavy atom. The molecule has 1 aromatic heterocycles. The number of rotatable bonds is 7. The third kappa shape index (κ3) is 4.41. The third-order valence-electron chi connectivity index (χ3n) is 3.73. The summed E-state index contributed by atoms with van der Waals surface area (Å²) in [6.45, 7) is 6.12. The molecule has 0 fully saturated rings. The van der Waals surface area contributed by atoms with E-state index in [0.717, 1.165) is 11.3 Å². The minimum absolute atomic E-state index is 0.0461. The summed E-state index contributed by atoms with van der Waals surface area (Å²) in [5.41, 5.74) is 0.829. The van der Waals surface area contributed by atoms with Crippen molar-refractivity contribution in [1.82, 2.24) is 20.2 Å². The van der Waals surface area contributed by atoms with Gasteiger partial charge in [-0.15, -0.1) is 10.2 Å². The number of hydrogen-bond acceptors (Lipinski definition) is 6. The molecule has 8 heteroatoms. The first-order chi connectivity index (χ1) is 11.4. The van der Waals surface area contributed by atoms with E-state index in [-0.39, 0.29) is 17.7 Å². The first-order valence-corrected chi connectivity index (χ1v) is 8.68. The molecule has 1 heterocycles. The molecular formula is C16H23N5O2S. The molecule has 0 aliphatic carbocycles. The van der Waals surface area contributed by atoms with Gasteiger partial charge in [0.25, 0.3) is 0 Å². The Kier molecular flexibility index (Phi) is 6.08. The van der Waals surface area contributed by atoms with Gasteiger partial charge in [-0.1, -0.05) is 25.6 Å². The monoisotopic (exact) mass is 349 g/mol. The highest BCUT2D eigenvalue weighted by Crippen LogP contribution is 2.23. The number of hydrogen-bond donors (Lipinski definition) is 2. The summed E-state index contributed by atoms with van der Waals surface area (Å²) in [6, 6.07) is 7.51. The Morgan fingerprint density at radius 3 is 2.54 bits per heavy atom. The Labute approximate surface area is 145 Å². The van der Waals surface area contributed by atoms with Gasteiger partial charge in [0.1, 0.15) is 5.75 Å². The molecule has 3 N–H and O–H groups in total. The summed E-state index contributed by atoms with van der Waals surface area (Å²) in [5.74, 6) is 7.93. The molecule has 2 aromatic rings. The van der Waals surface area contributed by atoms with Gasteiger partial charge in [0, 0.05) is 11.6 Å². The zero-order chi connectivity index (χ0) is 17.7. The number of nitrogens with two attached hydrogens (primary N) is 1. The second-order valence-electron chi connectivity index (χ2n) is 5.79. The maximum Gasteiger partial charge on any atom is 0.230 e. The summed E-state index contributed by atoms with van der Waals surface area (Å²) in [5, 5.41) is 11.6. The molecule has 0 saturated heterocycles. The fraction of sp³-hybridized carbons (Fsp3) is 0.438. The van der Waals surface area contributed by atoms with Gasteiger partial charge in [-0.25, -0.2) is 4.68 Å². The highest BCUT2D eigenvalue weighted by atomic mass is 32.2. The van der Waals surface area contributed by atoms with Crippen LogP contribution in [0.4, 0.5) is 0 Å². The number of methoxy groups -OCH3 is 1. The zero-order valence-corrected chi connectivity index (χ0v) is 15.1. The fourth-order valence-corrected chi connectivity index (χ4v) is 2.57. The van der Waals surface area contributed by atoms with E-state index < -0.39 is 0 Å². The fourth-order valence-electron chi connectivity index (χ4n) is 1.90. The lowest BCUT2D eigenvalue weighted by Gasteiger charge is -2.16. The van der Waals surface area contributed by atoms with Gasteiger partial charge >= 0.3 is 0 Å². The van der Waals surface area contributed by atoms with Crippen molar-refractivity contribution in [3.05, 3.63) is 24.3 Å². The smallest absolute Gasteiger partial charge is 0.230 e. The largest absolute Gasteiger partial charge is 0.497 e. The predicted octanol–water partition coefficient (Wildman–Crippen LogP) is 1.92. The van der Waals surface area contributed by atoms with Crippen LogP contribution in [-0.2, 0) is 4.79 Å². The van der Waals surface area contributed by atoms with Crippen LogP contribution in [0, 0.1) is 5.92 Å². The van der Waals surface area contributed by atoms with E-state index in [9.17, 15) is 4.79 Å². The van der Waals surface area contributed by atoms with Crippen molar-refractivity contribution in [3.63, 3.8) is 0 Å². The summed E-state index contributed by atoms with van der Waals surface area (Å²) in [4.78, 5) is 11.9. The van der Waals surface area contributed by atoms with E-state index in [0.29, 0.717) is 16.9 Å². The second-order valence-corrected chi connectivity index (χ2v) is 6.74. The van der Waals surface area contributed by atoms with Crippen molar-refractivity contribution >= 4 is 17.7 Å². The lowest BCUT2D eigenvalue weighted by Crippen LogP contribution is -2.37. The van der Waals surface area contributed by atoms with Crippen LogP contribution in [0.1, 0.15) is 20.8 Å². The number of nitrogens with zero attached hydrogens (tertiary/aromatic N) is 3. The van der Waals surface area contributed by atoms with Crippen LogP contribution in [0.5, 0.6) is 5.75 Å². The molecule has 0 aliphatic rings. The van der Waals surface area contributed by atoms with E-state index in [1.54, 1.807) is 7.11 Å². The van der Waals surface area contributed by atoms with E-state index >= 15 is 0 Å². The summed E-state index contributed by atoms with van der Waals surface area (Å²) in [6.07, 6.45) is 0. The first kappa shape index (κ1) is 18.1. The van der Waals surface area contributed by atoms with E-state index in [2.05, 4.69) is 29.4 Å². The molecule has 0 unspecified atom stereocenters. The maximum absolute atomic E-state index is 11.9. The molecule has 0 saturated carbocycles. The molecule has 1 amide bonds. The number of benzene rings is 1. The number of nitrogen functional groups attached to an aromatic ring is 1. The van der Waals surface area contributed by atoms with Crippen molar-refractivity contribution < 1.29 is 9.53 Å². The molecule has 0 spiro atoms. The summed E-state index contributed by atoms with van der Waals surface area (Å²) >= 11 is 1.26. The van der Waals surface area contributed by atoms with E-state index in [1.807, 2.05) is 31.2 Å². The van der Waals surface area contributed by atoms with Crippen molar-refractivity contribution in [3.8, 4) is 17.1 Å². The minimum Gasteiger partial charge on any atom is -0.497 e. The molecule has 7 nitrogen and oxygen atoms in total. The topological polar surface area (TPSA) is 95.1 Å². The molecule has 2 rings (SSSR count). The van der Waals surface area contributed by atoms with Gasteiger partial charge in [0.05, 0.1) is 12.9 Å². The number of carbonyl (C=O) groups excluding carboxylic acids is 1. The minimum atomic E-state index is -0.0461. The quantitative estimate of drug-likeness (QED) is 0.586. The lowest BCUT2D eigenvalue weighted by atomic mass is 10.1. The number of thioether (sulfide) groups is 1. The molecular weight excluding hydrogens is 326 g/mol. The number of carbonyl (C=O) groups is 1. The van der Waals surface area contributed by atoms with Gasteiger partial charge < -0.3 is 15.9 Å².